The molecule has 1 saturated heterocycles. The van der Waals surface area contributed by atoms with Crippen LogP contribution in [0.4, 0.5) is 5.69 Å². The second kappa shape index (κ2) is 7.40. The lowest BCUT2D eigenvalue weighted by molar-refractivity contribution is 0.102. The molecule has 3 nitrogen and oxygen atoms in total. The summed E-state index contributed by atoms with van der Waals surface area (Å²) in [4.78, 5) is 15.1. The Labute approximate surface area is 151 Å². The summed E-state index contributed by atoms with van der Waals surface area (Å²) in [6.45, 7) is 9.83. The molecule has 0 bridgehead atoms. The molecule has 1 fully saturated rings. The molecule has 0 unspecified atom stereocenters. The molecule has 0 saturated carbocycles. The van der Waals surface area contributed by atoms with E-state index in [0.717, 1.165) is 17.8 Å². The zero-order valence-corrected chi connectivity index (χ0v) is 15.5. The summed E-state index contributed by atoms with van der Waals surface area (Å²) >= 11 is 0. The molecule has 1 amide bonds. The minimum Gasteiger partial charge on any atom is -0.322 e. The number of carbonyl (C=O) groups is 1. The first-order valence-corrected chi connectivity index (χ1v) is 9.16. The van der Waals surface area contributed by atoms with Crippen LogP contribution in [-0.4, -0.2) is 23.9 Å². The van der Waals surface area contributed by atoms with Crippen molar-refractivity contribution in [3.05, 3.63) is 65.2 Å². The summed E-state index contributed by atoms with van der Waals surface area (Å²) in [6.07, 6.45) is 2.60. The predicted molar refractivity (Wildman–Crippen MR) is 104 cm³/mol. The summed E-state index contributed by atoms with van der Waals surface area (Å²) in [6, 6.07) is 16.0. The van der Waals surface area contributed by atoms with Gasteiger partial charge in [-0.2, -0.15) is 0 Å². The zero-order chi connectivity index (χ0) is 17.9. The normalized spacial score (nSPS) is 15.3. The Morgan fingerprint density at radius 2 is 1.64 bits per heavy atom. The fourth-order valence-corrected chi connectivity index (χ4v) is 3.40. The van der Waals surface area contributed by atoms with Gasteiger partial charge in [0.2, 0.25) is 0 Å². The van der Waals surface area contributed by atoms with E-state index in [1.165, 1.54) is 31.5 Å². The molecule has 3 heteroatoms. The van der Waals surface area contributed by atoms with Crippen molar-refractivity contribution in [2.45, 2.75) is 45.6 Å². The van der Waals surface area contributed by atoms with Gasteiger partial charge in [-0.1, -0.05) is 51.1 Å². The van der Waals surface area contributed by atoms with Crippen LogP contribution in [-0.2, 0) is 12.0 Å². The highest BCUT2D eigenvalue weighted by atomic mass is 16.1. The van der Waals surface area contributed by atoms with E-state index in [0.29, 0.717) is 5.56 Å². The van der Waals surface area contributed by atoms with Gasteiger partial charge < -0.3 is 5.32 Å². The second-order valence-electron chi connectivity index (χ2n) is 7.93. The van der Waals surface area contributed by atoms with Gasteiger partial charge >= 0.3 is 0 Å². The molecular weight excluding hydrogens is 308 g/mol. The summed E-state index contributed by atoms with van der Waals surface area (Å²) in [5.41, 5.74) is 4.00. The van der Waals surface area contributed by atoms with Gasteiger partial charge in [0, 0.05) is 17.8 Å². The lowest BCUT2D eigenvalue weighted by atomic mass is 9.86. The molecule has 2 aromatic carbocycles. The maximum absolute atomic E-state index is 12.6. The fraction of sp³-hybridized carbons (Fsp3) is 0.409. The third-order valence-corrected chi connectivity index (χ3v) is 4.80. The van der Waals surface area contributed by atoms with Gasteiger partial charge in [-0.3, -0.25) is 9.69 Å². The lowest BCUT2D eigenvalue weighted by Gasteiger charge is -2.23. The van der Waals surface area contributed by atoms with Crippen molar-refractivity contribution in [2.24, 2.45) is 0 Å². The molecule has 25 heavy (non-hydrogen) atoms. The van der Waals surface area contributed by atoms with Crippen molar-refractivity contribution in [1.29, 1.82) is 0 Å². The SMILES string of the molecule is CC(C)(C)c1ccccc1NC(=O)c1ccc(CN2CCCC2)cc1. The average Bonchev–Trinajstić information content (AvgIpc) is 3.08. The van der Waals surface area contributed by atoms with Crippen molar-refractivity contribution in [3.8, 4) is 0 Å². The number of nitrogens with zero attached hydrogens (tertiary/aromatic N) is 1. The molecular formula is C22H28N2O. The smallest absolute Gasteiger partial charge is 0.255 e. The van der Waals surface area contributed by atoms with Crippen LogP contribution < -0.4 is 5.32 Å². The number of anilines is 1. The quantitative estimate of drug-likeness (QED) is 0.867. The maximum atomic E-state index is 12.6. The predicted octanol–water partition coefficient (Wildman–Crippen LogP) is 4.83. The van der Waals surface area contributed by atoms with Crippen LogP contribution in [0, 0.1) is 0 Å². The highest BCUT2D eigenvalue weighted by Crippen LogP contribution is 2.29. The first-order valence-electron chi connectivity index (χ1n) is 9.16. The van der Waals surface area contributed by atoms with Crippen LogP contribution in [0.15, 0.2) is 48.5 Å². The van der Waals surface area contributed by atoms with Gasteiger partial charge in [-0.05, 0) is 60.7 Å². The van der Waals surface area contributed by atoms with Crippen molar-refractivity contribution >= 4 is 11.6 Å². The molecule has 1 N–H and O–H groups in total. The van der Waals surface area contributed by atoms with Gasteiger partial charge in [-0.25, -0.2) is 0 Å². The van der Waals surface area contributed by atoms with E-state index >= 15 is 0 Å². The number of rotatable bonds is 4. The number of amides is 1. The fourth-order valence-electron chi connectivity index (χ4n) is 3.40. The van der Waals surface area contributed by atoms with E-state index < -0.39 is 0 Å². The third-order valence-electron chi connectivity index (χ3n) is 4.80. The van der Waals surface area contributed by atoms with E-state index in [-0.39, 0.29) is 11.3 Å². The molecule has 0 aliphatic carbocycles. The van der Waals surface area contributed by atoms with Crippen molar-refractivity contribution in [2.75, 3.05) is 18.4 Å². The van der Waals surface area contributed by atoms with Gasteiger partial charge in [0.25, 0.3) is 5.91 Å². The molecule has 1 heterocycles. The topological polar surface area (TPSA) is 32.3 Å². The van der Waals surface area contributed by atoms with E-state index in [1.54, 1.807) is 0 Å². The maximum Gasteiger partial charge on any atom is 0.255 e. The van der Waals surface area contributed by atoms with Crippen LogP contribution in [0.25, 0.3) is 0 Å². The minimum atomic E-state index is -0.0515. The average molecular weight is 336 g/mol. The molecule has 0 atom stereocenters. The van der Waals surface area contributed by atoms with E-state index in [1.807, 2.05) is 30.3 Å². The summed E-state index contributed by atoms with van der Waals surface area (Å²) in [7, 11) is 0. The minimum absolute atomic E-state index is 0.0105. The highest BCUT2D eigenvalue weighted by Gasteiger charge is 2.19. The Balaban J connectivity index is 1.69. The van der Waals surface area contributed by atoms with Crippen LogP contribution in [0.1, 0.15) is 55.1 Å². The standard InChI is InChI=1S/C22H28N2O/c1-22(2,3)19-8-4-5-9-20(19)23-21(25)18-12-10-17(11-13-18)16-24-14-6-7-15-24/h4-5,8-13H,6-7,14-16H2,1-3H3,(H,23,25). The molecule has 3 rings (SSSR count). The Morgan fingerprint density at radius 1 is 1.00 bits per heavy atom. The first-order chi connectivity index (χ1) is 11.9. The summed E-state index contributed by atoms with van der Waals surface area (Å²) < 4.78 is 0. The largest absolute Gasteiger partial charge is 0.322 e. The van der Waals surface area contributed by atoms with Crippen molar-refractivity contribution < 1.29 is 4.79 Å². The van der Waals surface area contributed by atoms with Gasteiger partial charge in [0.05, 0.1) is 0 Å². The monoisotopic (exact) mass is 336 g/mol. The second-order valence-corrected chi connectivity index (χ2v) is 7.93. The number of hydrogen-bond donors (Lipinski definition) is 1. The van der Waals surface area contributed by atoms with Crippen LogP contribution >= 0.6 is 0 Å². The number of likely N-dealkylation sites (tertiary alicyclic amines) is 1. The number of hydrogen-bond acceptors (Lipinski definition) is 2. The van der Waals surface area contributed by atoms with E-state index in [2.05, 4.69) is 49.2 Å². The third kappa shape index (κ3) is 4.49. The highest BCUT2D eigenvalue weighted by molar-refractivity contribution is 6.04. The van der Waals surface area contributed by atoms with Crippen LogP contribution in [0.2, 0.25) is 0 Å². The molecule has 0 spiro atoms. The van der Waals surface area contributed by atoms with E-state index in [4.69, 9.17) is 0 Å². The van der Waals surface area contributed by atoms with Crippen molar-refractivity contribution in [1.82, 2.24) is 4.90 Å². The number of para-hydroxylation sites is 1. The Morgan fingerprint density at radius 3 is 2.28 bits per heavy atom. The molecule has 1 aliphatic rings. The summed E-state index contributed by atoms with van der Waals surface area (Å²) in [5, 5.41) is 3.08. The number of carbonyl (C=O) groups excluding carboxylic acids is 1. The van der Waals surface area contributed by atoms with Gasteiger partial charge in [0.1, 0.15) is 0 Å². The molecule has 0 radical (unpaired) electrons. The Hall–Kier alpha value is -2.13. The number of nitrogens with one attached hydrogen (secondary N) is 1. The molecule has 2 aromatic rings. The molecule has 0 aromatic heterocycles. The molecule has 132 valence electrons. The van der Waals surface area contributed by atoms with Gasteiger partial charge in [-0.15, -0.1) is 0 Å². The van der Waals surface area contributed by atoms with Crippen LogP contribution in [0.5, 0.6) is 0 Å². The lowest BCUT2D eigenvalue weighted by Crippen LogP contribution is -2.19. The number of benzene rings is 2. The Bertz CT molecular complexity index is 722. The summed E-state index contributed by atoms with van der Waals surface area (Å²) in [5.74, 6) is -0.0515. The van der Waals surface area contributed by atoms with Crippen LogP contribution in [0.3, 0.4) is 0 Å². The first kappa shape index (κ1) is 17.7. The van der Waals surface area contributed by atoms with Crippen molar-refractivity contribution in [3.63, 3.8) is 0 Å². The Kier molecular flexibility index (Phi) is 5.24. The molecule has 1 aliphatic heterocycles. The van der Waals surface area contributed by atoms with E-state index in [9.17, 15) is 4.79 Å². The zero-order valence-electron chi connectivity index (χ0n) is 15.5. The van der Waals surface area contributed by atoms with Gasteiger partial charge in [0.15, 0.2) is 0 Å².